The summed E-state index contributed by atoms with van der Waals surface area (Å²) >= 11 is 4.90. The molecular formula is C15H20N2OS. The molecule has 3 atom stereocenters. The van der Waals surface area contributed by atoms with Gasteiger partial charge in [-0.2, -0.15) is 0 Å². The summed E-state index contributed by atoms with van der Waals surface area (Å²) in [6, 6.07) is 10.3. The maximum Gasteiger partial charge on any atom is 0.226 e. The number of amides is 1. The van der Waals surface area contributed by atoms with Gasteiger partial charge in [0.1, 0.15) is 0 Å². The Morgan fingerprint density at radius 1 is 1.47 bits per heavy atom. The van der Waals surface area contributed by atoms with Gasteiger partial charge in [0.05, 0.1) is 4.99 Å². The first-order valence-electron chi connectivity index (χ1n) is 6.60. The molecule has 1 aromatic rings. The number of rotatable bonds is 5. The number of nitrogens with two attached hydrogens (primary N) is 1. The second-order valence-electron chi connectivity index (χ2n) is 5.33. The molecule has 1 amide bonds. The molecule has 0 heterocycles. The summed E-state index contributed by atoms with van der Waals surface area (Å²) in [4.78, 5) is 14.6. The van der Waals surface area contributed by atoms with Gasteiger partial charge in [0.25, 0.3) is 0 Å². The SMILES string of the molecule is CC(CC(N)=S)N(C)C(=O)C1CC1c1ccccc1. The van der Waals surface area contributed by atoms with E-state index < -0.39 is 0 Å². The Hall–Kier alpha value is -1.42. The van der Waals surface area contributed by atoms with Crippen LogP contribution in [-0.2, 0) is 4.79 Å². The number of benzene rings is 1. The molecule has 0 bridgehead atoms. The fraction of sp³-hybridized carbons (Fsp3) is 0.467. The second-order valence-corrected chi connectivity index (χ2v) is 5.85. The molecule has 3 unspecified atom stereocenters. The quantitative estimate of drug-likeness (QED) is 0.840. The lowest BCUT2D eigenvalue weighted by molar-refractivity contribution is -0.133. The first-order valence-corrected chi connectivity index (χ1v) is 7.01. The molecule has 1 saturated carbocycles. The Bertz CT molecular complexity index is 474. The van der Waals surface area contributed by atoms with Crippen LogP contribution in [0.4, 0.5) is 0 Å². The molecule has 1 aromatic carbocycles. The van der Waals surface area contributed by atoms with Crippen LogP contribution in [0, 0.1) is 5.92 Å². The minimum absolute atomic E-state index is 0.0713. The topological polar surface area (TPSA) is 46.3 Å². The molecule has 0 saturated heterocycles. The van der Waals surface area contributed by atoms with Crippen molar-refractivity contribution in [2.75, 3.05) is 7.05 Å². The van der Waals surface area contributed by atoms with Gasteiger partial charge >= 0.3 is 0 Å². The highest BCUT2D eigenvalue weighted by Gasteiger charge is 2.45. The Kier molecular flexibility index (Phi) is 4.20. The van der Waals surface area contributed by atoms with Gasteiger partial charge < -0.3 is 10.6 Å². The number of thiocarbonyl (C=S) groups is 1. The molecule has 2 N–H and O–H groups in total. The molecule has 19 heavy (non-hydrogen) atoms. The number of hydrogen-bond donors (Lipinski definition) is 1. The first-order chi connectivity index (χ1) is 9.00. The lowest BCUT2D eigenvalue weighted by atomic mass is 10.1. The van der Waals surface area contributed by atoms with Crippen molar-refractivity contribution in [3.63, 3.8) is 0 Å². The van der Waals surface area contributed by atoms with Gasteiger partial charge in [-0.25, -0.2) is 0 Å². The highest BCUT2D eigenvalue weighted by Crippen LogP contribution is 2.48. The Balaban J connectivity index is 1.94. The standard InChI is InChI=1S/C15H20N2OS/c1-10(8-14(16)19)17(2)15(18)13-9-12(13)11-6-4-3-5-7-11/h3-7,10,12-13H,8-9H2,1-2H3,(H2,16,19). The zero-order valence-electron chi connectivity index (χ0n) is 11.4. The van der Waals surface area contributed by atoms with Crippen molar-refractivity contribution in [2.24, 2.45) is 11.7 Å². The highest BCUT2D eigenvalue weighted by molar-refractivity contribution is 7.80. The van der Waals surface area contributed by atoms with Crippen molar-refractivity contribution in [1.29, 1.82) is 0 Å². The molecule has 0 radical (unpaired) electrons. The van der Waals surface area contributed by atoms with Crippen molar-refractivity contribution >= 4 is 23.1 Å². The van der Waals surface area contributed by atoms with E-state index in [0.29, 0.717) is 17.3 Å². The molecule has 102 valence electrons. The molecule has 0 aliphatic heterocycles. The van der Waals surface area contributed by atoms with Crippen molar-refractivity contribution in [2.45, 2.75) is 31.7 Å². The third-order valence-electron chi connectivity index (χ3n) is 3.84. The summed E-state index contributed by atoms with van der Waals surface area (Å²) in [6.07, 6.45) is 1.53. The molecule has 1 fully saturated rings. The predicted octanol–water partition coefficient (Wildman–Crippen LogP) is 2.31. The summed E-state index contributed by atoms with van der Waals surface area (Å²) in [5, 5.41) is 0. The van der Waals surface area contributed by atoms with E-state index in [4.69, 9.17) is 18.0 Å². The summed E-state index contributed by atoms with van der Waals surface area (Å²) in [5.74, 6) is 0.715. The molecular weight excluding hydrogens is 256 g/mol. The zero-order valence-corrected chi connectivity index (χ0v) is 12.2. The van der Waals surface area contributed by atoms with E-state index in [1.165, 1.54) is 5.56 Å². The highest BCUT2D eigenvalue weighted by atomic mass is 32.1. The molecule has 0 spiro atoms. The number of hydrogen-bond acceptors (Lipinski definition) is 2. The normalized spacial score (nSPS) is 22.6. The van der Waals surface area contributed by atoms with E-state index >= 15 is 0 Å². The van der Waals surface area contributed by atoms with Crippen LogP contribution in [0.1, 0.15) is 31.2 Å². The van der Waals surface area contributed by atoms with E-state index in [2.05, 4.69) is 12.1 Å². The fourth-order valence-electron chi connectivity index (χ4n) is 2.44. The minimum atomic E-state index is 0.0713. The number of carbonyl (C=O) groups is 1. The molecule has 3 nitrogen and oxygen atoms in total. The summed E-state index contributed by atoms with van der Waals surface area (Å²) in [6.45, 7) is 1.98. The molecule has 1 aliphatic carbocycles. The monoisotopic (exact) mass is 276 g/mol. The second kappa shape index (κ2) is 5.70. The van der Waals surface area contributed by atoms with E-state index in [1.807, 2.05) is 32.2 Å². The van der Waals surface area contributed by atoms with Crippen LogP contribution in [0.2, 0.25) is 0 Å². The summed E-state index contributed by atoms with van der Waals surface area (Å²) < 4.78 is 0. The van der Waals surface area contributed by atoms with Crippen LogP contribution in [0.5, 0.6) is 0 Å². The maximum atomic E-state index is 12.4. The third kappa shape index (κ3) is 3.32. The summed E-state index contributed by atoms with van der Waals surface area (Å²) in [5.41, 5.74) is 6.80. The van der Waals surface area contributed by atoms with E-state index in [1.54, 1.807) is 4.90 Å². The number of nitrogens with zero attached hydrogens (tertiary/aromatic N) is 1. The smallest absolute Gasteiger partial charge is 0.226 e. The van der Waals surface area contributed by atoms with E-state index in [9.17, 15) is 4.79 Å². The van der Waals surface area contributed by atoms with Crippen LogP contribution < -0.4 is 5.73 Å². The van der Waals surface area contributed by atoms with Crippen molar-refractivity contribution in [1.82, 2.24) is 4.90 Å². The number of carbonyl (C=O) groups excluding carboxylic acids is 1. The van der Waals surface area contributed by atoms with Gasteiger partial charge in [0.15, 0.2) is 0 Å². The average Bonchev–Trinajstić information content (AvgIpc) is 3.17. The first kappa shape index (κ1) is 14.0. The minimum Gasteiger partial charge on any atom is -0.393 e. The zero-order chi connectivity index (χ0) is 14.0. The van der Waals surface area contributed by atoms with Crippen molar-refractivity contribution < 1.29 is 4.79 Å². The van der Waals surface area contributed by atoms with Gasteiger partial charge in [-0.05, 0) is 24.8 Å². The van der Waals surface area contributed by atoms with Crippen LogP contribution in [0.15, 0.2) is 30.3 Å². The largest absolute Gasteiger partial charge is 0.393 e. The van der Waals surface area contributed by atoms with Gasteiger partial charge in [-0.15, -0.1) is 0 Å². The lowest BCUT2D eigenvalue weighted by Crippen LogP contribution is -2.38. The average molecular weight is 276 g/mol. The Labute approximate surface area is 119 Å². The van der Waals surface area contributed by atoms with E-state index in [0.717, 1.165) is 6.42 Å². The van der Waals surface area contributed by atoms with Gasteiger partial charge in [0.2, 0.25) is 5.91 Å². The van der Waals surface area contributed by atoms with Crippen molar-refractivity contribution in [3.8, 4) is 0 Å². The fourth-order valence-corrected chi connectivity index (χ4v) is 2.68. The summed E-state index contributed by atoms with van der Waals surface area (Å²) in [7, 11) is 1.84. The molecule has 0 aromatic heterocycles. The lowest BCUT2D eigenvalue weighted by Gasteiger charge is -2.24. The third-order valence-corrected chi connectivity index (χ3v) is 4.01. The Morgan fingerprint density at radius 2 is 2.11 bits per heavy atom. The van der Waals surface area contributed by atoms with Crippen molar-refractivity contribution in [3.05, 3.63) is 35.9 Å². The van der Waals surface area contributed by atoms with E-state index in [-0.39, 0.29) is 17.9 Å². The van der Waals surface area contributed by atoms with Crippen LogP contribution >= 0.6 is 12.2 Å². The molecule has 2 rings (SSSR count). The van der Waals surface area contributed by atoms with Crippen LogP contribution in [0.3, 0.4) is 0 Å². The van der Waals surface area contributed by atoms with Gasteiger partial charge in [-0.3, -0.25) is 4.79 Å². The Morgan fingerprint density at radius 3 is 2.68 bits per heavy atom. The van der Waals surface area contributed by atoms with Gasteiger partial charge in [0, 0.05) is 25.4 Å². The molecule has 4 heteroatoms. The van der Waals surface area contributed by atoms with Gasteiger partial charge in [-0.1, -0.05) is 42.5 Å². The van der Waals surface area contributed by atoms with Crippen LogP contribution in [0.25, 0.3) is 0 Å². The molecule has 1 aliphatic rings. The maximum absolute atomic E-state index is 12.4. The predicted molar refractivity (Wildman–Crippen MR) is 80.9 cm³/mol. The van der Waals surface area contributed by atoms with Crippen LogP contribution in [-0.4, -0.2) is 28.9 Å².